The molecule has 0 aromatic heterocycles. The molecule has 6 heteroatoms. The van der Waals surface area contributed by atoms with Crippen LogP contribution >= 0.6 is 0 Å². The van der Waals surface area contributed by atoms with Crippen LogP contribution in [0.2, 0.25) is 0 Å². The van der Waals surface area contributed by atoms with Gasteiger partial charge in [0.25, 0.3) is 0 Å². The van der Waals surface area contributed by atoms with Crippen LogP contribution in [0.5, 0.6) is 0 Å². The van der Waals surface area contributed by atoms with Crippen LogP contribution in [0.4, 0.5) is 0 Å². The molecule has 0 amide bonds. The third-order valence-electron chi connectivity index (χ3n) is 4.07. The third-order valence-corrected chi connectivity index (χ3v) is 4.07. The number of hydrazone groups is 1. The number of carbonyl (C=O) groups is 1. The highest BCUT2D eigenvalue weighted by Crippen LogP contribution is 2.27. The third kappa shape index (κ3) is 7.05. The van der Waals surface area contributed by atoms with Gasteiger partial charge in [0, 0.05) is 12.8 Å². The fraction of sp³-hybridized carbons (Fsp3) is 0.526. The van der Waals surface area contributed by atoms with Crippen LogP contribution in [0.3, 0.4) is 0 Å². The van der Waals surface area contributed by atoms with E-state index in [2.05, 4.69) is 10.1 Å². The quantitative estimate of drug-likeness (QED) is 0.294. The Labute approximate surface area is 149 Å². The number of nitrogens with two attached hydrogens (primary N) is 1. The first-order valence-electron chi connectivity index (χ1n) is 8.68. The molecular weight excluding hydrogens is 318 g/mol. The number of esters is 1. The molecule has 6 nitrogen and oxygen atoms in total. The van der Waals surface area contributed by atoms with Crippen molar-refractivity contribution in [3.8, 4) is 0 Å². The van der Waals surface area contributed by atoms with Crippen molar-refractivity contribution in [1.82, 2.24) is 0 Å². The van der Waals surface area contributed by atoms with E-state index in [0.717, 1.165) is 16.7 Å². The lowest BCUT2D eigenvalue weighted by atomic mass is 9.88. The number of nitrogens with zero attached hydrogens (tertiary/aromatic N) is 2. The number of aliphatic hydroxyl groups excluding tert-OH is 1. The summed E-state index contributed by atoms with van der Waals surface area (Å²) >= 11 is 0. The van der Waals surface area contributed by atoms with E-state index < -0.39 is 0 Å². The Hall–Kier alpha value is -2.21. The molecule has 1 aromatic carbocycles. The number of aliphatic imine (C=N–C) groups is 1. The van der Waals surface area contributed by atoms with Crippen molar-refractivity contribution in [3.63, 3.8) is 0 Å². The molecule has 25 heavy (non-hydrogen) atoms. The van der Waals surface area contributed by atoms with Gasteiger partial charge in [0.1, 0.15) is 0 Å². The molecule has 0 radical (unpaired) electrons. The van der Waals surface area contributed by atoms with Gasteiger partial charge in [0.05, 0.1) is 25.3 Å². The molecule has 1 unspecified atom stereocenters. The van der Waals surface area contributed by atoms with Crippen LogP contribution < -0.4 is 5.84 Å². The second-order valence-electron chi connectivity index (χ2n) is 5.84. The monoisotopic (exact) mass is 347 g/mol. The lowest BCUT2D eigenvalue weighted by molar-refractivity contribution is -0.143. The highest BCUT2D eigenvalue weighted by Gasteiger charge is 2.18. The smallest absolute Gasteiger partial charge is 0.306 e. The summed E-state index contributed by atoms with van der Waals surface area (Å²) in [5.74, 6) is 5.16. The normalized spacial score (nSPS) is 13.2. The largest absolute Gasteiger partial charge is 0.466 e. The molecule has 1 atom stereocenters. The lowest BCUT2D eigenvalue weighted by Crippen LogP contribution is -2.13. The molecule has 0 aliphatic rings. The van der Waals surface area contributed by atoms with E-state index >= 15 is 0 Å². The van der Waals surface area contributed by atoms with Crippen molar-refractivity contribution >= 4 is 17.9 Å². The average Bonchev–Trinajstić information content (AvgIpc) is 2.61. The molecule has 0 spiro atoms. The van der Waals surface area contributed by atoms with E-state index in [0.29, 0.717) is 31.7 Å². The van der Waals surface area contributed by atoms with E-state index in [1.807, 2.05) is 32.0 Å². The van der Waals surface area contributed by atoms with Crippen molar-refractivity contribution in [2.45, 2.75) is 52.6 Å². The maximum atomic E-state index is 12.0. The zero-order valence-corrected chi connectivity index (χ0v) is 15.4. The van der Waals surface area contributed by atoms with Crippen LogP contribution in [-0.2, 0) is 16.1 Å². The van der Waals surface area contributed by atoms with Crippen molar-refractivity contribution < 1.29 is 14.6 Å². The van der Waals surface area contributed by atoms with Crippen LogP contribution in [0.15, 0.2) is 28.3 Å². The minimum atomic E-state index is -0.230. The second-order valence-corrected chi connectivity index (χ2v) is 5.84. The Morgan fingerprint density at radius 3 is 2.76 bits per heavy atom. The first kappa shape index (κ1) is 20.8. The van der Waals surface area contributed by atoms with Crippen LogP contribution in [0.1, 0.15) is 55.7 Å². The van der Waals surface area contributed by atoms with Crippen molar-refractivity contribution in [1.29, 1.82) is 0 Å². The maximum Gasteiger partial charge on any atom is 0.306 e. The molecule has 3 N–H and O–H groups in total. The fourth-order valence-electron chi connectivity index (χ4n) is 2.60. The van der Waals surface area contributed by atoms with Crippen molar-refractivity contribution in [2.24, 2.45) is 15.9 Å². The second kappa shape index (κ2) is 11.4. The lowest BCUT2D eigenvalue weighted by Gasteiger charge is -2.18. The van der Waals surface area contributed by atoms with Gasteiger partial charge in [-0.3, -0.25) is 9.79 Å². The van der Waals surface area contributed by atoms with Gasteiger partial charge >= 0.3 is 5.97 Å². The van der Waals surface area contributed by atoms with Gasteiger partial charge in [-0.2, -0.15) is 5.10 Å². The molecule has 0 aliphatic heterocycles. The van der Waals surface area contributed by atoms with Gasteiger partial charge < -0.3 is 15.7 Å². The summed E-state index contributed by atoms with van der Waals surface area (Å²) in [6, 6.07) is 5.92. The van der Waals surface area contributed by atoms with E-state index in [1.54, 1.807) is 13.1 Å². The highest BCUT2D eigenvalue weighted by atomic mass is 16.5. The Bertz CT molecular complexity index is 612. The predicted octanol–water partition coefficient (Wildman–Crippen LogP) is 2.71. The van der Waals surface area contributed by atoms with E-state index in [-0.39, 0.29) is 24.9 Å². The van der Waals surface area contributed by atoms with Gasteiger partial charge in [-0.1, -0.05) is 18.2 Å². The van der Waals surface area contributed by atoms with Crippen LogP contribution in [0, 0.1) is 6.92 Å². The maximum absolute atomic E-state index is 12.0. The van der Waals surface area contributed by atoms with Crippen LogP contribution in [0.25, 0.3) is 0 Å². The zero-order chi connectivity index (χ0) is 18.7. The molecule has 0 saturated heterocycles. The molecular formula is C19H29N3O3. The summed E-state index contributed by atoms with van der Waals surface area (Å²) in [7, 11) is 0. The summed E-state index contributed by atoms with van der Waals surface area (Å²) in [4.78, 5) is 16.1. The van der Waals surface area contributed by atoms with E-state index in [1.165, 1.54) is 0 Å². The first-order chi connectivity index (χ1) is 12.0. The van der Waals surface area contributed by atoms with Gasteiger partial charge in [-0.25, -0.2) is 0 Å². The molecule has 0 aliphatic carbocycles. The summed E-state index contributed by atoms with van der Waals surface area (Å²) in [5, 5.41) is 13.3. The number of rotatable bonds is 10. The Balaban J connectivity index is 2.96. The van der Waals surface area contributed by atoms with Crippen molar-refractivity contribution in [3.05, 3.63) is 34.9 Å². The molecule has 0 heterocycles. The van der Waals surface area contributed by atoms with Gasteiger partial charge in [0.15, 0.2) is 0 Å². The minimum Gasteiger partial charge on any atom is -0.466 e. The standard InChI is InChI=1S/C19H29N3O3/c1-4-21-12-18(22-20)9-8-16(11-19(24)25-5-2)15-7-6-14(3)17(10-15)13-23/h6-7,10,12,16,23H,4-5,8-9,11,13,20H2,1-3H3. The average molecular weight is 347 g/mol. The zero-order valence-electron chi connectivity index (χ0n) is 15.4. The molecule has 0 fully saturated rings. The molecule has 138 valence electrons. The Morgan fingerprint density at radius 1 is 1.40 bits per heavy atom. The topological polar surface area (TPSA) is 97.3 Å². The van der Waals surface area contributed by atoms with Gasteiger partial charge in [-0.05, 0) is 56.2 Å². The molecule has 1 rings (SSSR count). The number of benzene rings is 1. The predicted molar refractivity (Wildman–Crippen MR) is 101 cm³/mol. The van der Waals surface area contributed by atoms with Gasteiger partial charge in [-0.15, -0.1) is 0 Å². The number of aryl methyl sites for hydroxylation is 1. The van der Waals surface area contributed by atoms with Gasteiger partial charge in [0.2, 0.25) is 0 Å². The number of ether oxygens (including phenoxy) is 1. The number of aliphatic hydroxyl groups is 1. The molecule has 1 aromatic rings. The number of carbonyl (C=O) groups excluding carboxylic acids is 1. The summed E-state index contributed by atoms with van der Waals surface area (Å²) in [5.41, 5.74) is 3.60. The Morgan fingerprint density at radius 2 is 2.16 bits per heavy atom. The van der Waals surface area contributed by atoms with Crippen molar-refractivity contribution in [2.75, 3.05) is 13.2 Å². The minimum absolute atomic E-state index is 0.0233. The first-order valence-corrected chi connectivity index (χ1v) is 8.68. The number of hydrogen-bond acceptors (Lipinski definition) is 6. The Kier molecular flexibility index (Phi) is 9.47. The highest BCUT2D eigenvalue weighted by molar-refractivity contribution is 6.30. The number of hydrogen-bond donors (Lipinski definition) is 2. The fourth-order valence-corrected chi connectivity index (χ4v) is 2.60. The van der Waals surface area contributed by atoms with Crippen LogP contribution in [-0.4, -0.2) is 36.2 Å². The molecule has 0 saturated carbocycles. The van der Waals surface area contributed by atoms with E-state index in [4.69, 9.17) is 10.6 Å². The SMILES string of the molecule is CCN=CC(CCC(CC(=O)OCC)c1ccc(C)c(CO)c1)=NN. The summed E-state index contributed by atoms with van der Waals surface area (Å²) < 4.78 is 5.10. The summed E-state index contributed by atoms with van der Waals surface area (Å²) in [6.45, 7) is 6.70. The molecule has 0 bridgehead atoms. The summed E-state index contributed by atoms with van der Waals surface area (Å²) in [6.07, 6.45) is 3.27. The van der Waals surface area contributed by atoms with E-state index in [9.17, 15) is 9.90 Å².